The lowest BCUT2D eigenvalue weighted by Gasteiger charge is -2.43. The van der Waals surface area contributed by atoms with Crippen LogP contribution in [0, 0.1) is 5.82 Å². The molecule has 2 saturated heterocycles. The summed E-state index contributed by atoms with van der Waals surface area (Å²) in [4.78, 5) is 2.64. The number of piperidine rings is 1. The first-order valence-corrected chi connectivity index (χ1v) is 8.48. The highest BCUT2D eigenvalue weighted by Gasteiger charge is 2.33. The molecule has 0 saturated carbocycles. The van der Waals surface area contributed by atoms with Crippen LogP contribution in [0.15, 0.2) is 24.3 Å². The Hall–Kier alpha value is -0.930. The molecule has 2 nitrogen and oxygen atoms in total. The molecule has 1 aromatic carbocycles. The van der Waals surface area contributed by atoms with Gasteiger partial charge in [0.25, 0.3) is 0 Å². The Bertz CT molecular complexity index is 456. The fraction of sp³-hybridized carbons (Fsp3) is 0.667. The van der Waals surface area contributed by atoms with Gasteiger partial charge in [-0.1, -0.05) is 24.6 Å². The molecule has 3 atom stereocenters. The molecule has 2 aliphatic heterocycles. The van der Waals surface area contributed by atoms with Crippen molar-refractivity contribution in [3.05, 3.63) is 35.6 Å². The van der Waals surface area contributed by atoms with Gasteiger partial charge >= 0.3 is 0 Å². The van der Waals surface area contributed by atoms with Crippen molar-refractivity contribution in [1.29, 1.82) is 0 Å². The summed E-state index contributed by atoms with van der Waals surface area (Å²) in [5.41, 5.74) is 0.855. The van der Waals surface area contributed by atoms with E-state index in [4.69, 9.17) is 0 Å². The molecule has 0 aliphatic carbocycles. The van der Waals surface area contributed by atoms with Crippen molar-refractivity contribution in [2.75, 3.05) is 13.1 Å². The number of halogens is 1. The standard InChI is InChI=1S/C18H27FN2/c1-14(13-15-7-2-3-8-16(15)19)21-12-5-4-10-18(21)17-9-6-11-20-17/h2-3,7-8,14,17-18,20H,4-6,9-13H2,1H3. The first-order valence-electron chi connectivity index (χ1n) is 8.48. The van der Waals surface area contributed by atoms with Gasteiger partial charge in [-0.3, -0.25) is 4.90 Å². The van der Waals surface area contributed by atoms with E-state index in [1.54, 1.807) is 12.1 Å². The molecule has 2 aliphatic rings. The maximum Gasteiger partial charge on any atom is 0.126 e. The van der Waals surface area contributed by atoms with Crippen molar-refractivity contribution in [3.63, 3.8) is 0 Å². The second-order valence-corrected chi connectivity index (χ2v) is 6.65. The minimum atomic E-state index is -0.0584. The topological polar surface area (TPSA) is 15.3 Å². The van der Waals surface area contributed by atoms with E-state index in [0.29, 0.717) is 18.1 Å². The number of hydrogen-bond acceptors (Lipinski definition) is 2. The third kappa shape index (κ3) is 3.46. The van der Waals surface area contributed by atoms with Gasteiger partial charge in [0.1, 0.15) is 5.82 Å². The predicted octanol–water partition coefficient (Wildman–Crippen LogP) is 3.36. The van der Waals surface area contributed by atoms with Gasteiger partial charge in [0, 0.05) is 18.1 Å². The molecular weight excluding hydrogens is 263 g/mol. The third-order valence-corrected chi connectivity index (χ3v) is 5.19. The SMILES string of the molecule is CC(Cc1ccccc1F)N1CCCCC1C1CCCN1. The summed E-state index contributed by atoms with van der Waals surface area (Å²) < 4.78 is 13.9. The highest BCUT2D eigenvalue weighted by atomic mass is 19.1. The van der Waals surface area contributed by atoms with Crippen molar-refractivity contribution in [2.45, 2.75) is 63.6 Å². The molecule has 2 heterocycles. The van der Waals surface area contributed by atoms with E-state index in [1.807, 2.05) is 12.1 Å². The molecular formula is C18H27FN2. The fourth-order valence-electron chi connectivity index (χ4n) is 4.10. The Morgan fingerprint density at radius 2 is 2.10 bits per heavy atom. The minimum absolute atomic E-state index is 0.0584. The van der Waals surface area contributed by atoms with Gasteiger partial charge in [0.15, 0.2) is 0 Å². The van der Waals surface area contributed by atoms with E-state index in [1.165, 1.54) is 38.6 Å². The molecule has 3 unspecified atom stereocenters. The normalized spacial score (nSPS) is 28.7. The molecule has 0 amide bonds. The Labute approximate surface area is 127 Å². The summed E-state index contributed by atoms with van der Waals surface area (Å²) in [6.45, 7) is 4.59. The van der Waals surface area contributed by atoms with Gasteiger partial charge in [-0.2, -0.15) is 0 Å². The van der Waals surface area contributed by atoms with E-state index in [2.05, 4.69) is 17.1 Å². The van der Waals surface area contributed by atoms with Crippen molar-refractivity contribution in [2.24, 2.45) is 0 Å². The van der Waals surface area contributed by atoms with Crippen molar-refractivity contribution in [1.82, 2.24) is 10.2 Å². The maximum absolute atomic E-state index is 13.9. The average Bonchev–Trinajstić information content (AvgIpc) is 3.04. The number of rotatable bonds is 4. The van der Waals surface area contributed by atoms with Crippen LogP contribution < -0.4 is 5.32 Å². The van der Waals surface area contributed by atoms with E-state index in [0.717, 1.165) is 18.5 Å². The second kappa shape index (κ2) is 6.89. The first kappa shape index (κ1) is 15.0. The summed E-state index contributed by atoms with van der Waals surface area (Å²) in [6.07, 6.45) is 7.33. The summed E-state index contributed by atoms with van der Waals surface area (Å²) in [7, 11) is 0. The highest BCUT2D eigenvalue weighted by Crippen LogP contribution is 2.27. The van der Waals surface area contributed by atoms with Gasteiger partial charge in [0.2, 0.25) is 0 Å². The monoisotopic (exact) mass is 290 g/mol. The molecule has 21 heavy (non-hydrogen) atoms. The first-order chi connectivity index (χ1) is 10.3. The predicted molar refractivity (Wildman–Crippen MR) is 84.9 cm³/mol. The fourth-order valence-corrected chi connectivity index (χ4v) is 4.10. The van der Waals surface area contributed by atoms with E-state index in [-0.39, 0.29) is 5.82 Å². The summed E-state index contributed by atoms with van der Waals surface area (Å²) in [6, 6.07) is 8.92. The smallest absolute Gasteiger partial charge is 0.126 e. The molecule has 116 valence electrons. The van der Waals surface area contributed by atoms with Crippen molar-refractivity contribution >= 4 is 0 Å². The van der Waals surface area contributed by atoms with E-state index >= 15 is 0 Å². The molecule has 3 rings (SSSR count). The van der Waals surface area contributed by atoms with Crippen LogP contribution in [-0.4, -0.2) is 36.1 Å². The molecule has 0 bridgehead atoms. The van der Waals surface area contributed by atoms with E-state index in [9.17, 15) is 4.39 Å². The summed E-state index contributed by atoms with van der Waals surface area (Å²) in [5.74, 6) is -0.0584. The number of hydrogen-bond donors (Lipinski definition) is 1. The quantitative estimate of drug-likeness (QED) is 0.914. The zero-order chi connectivity index (χ0) is 14.7. The Morgan fingerprint density at radius 1 is 1.24 bits per heavy atom. The molecule has 2 fully saturated rings. The van der Waals surface area contributed by atoms with Crippen LogP contribution in [0.25, 0.3) is 0 Å². The minimum Gasteiger partial charge on any atom is -0.312 e. The Balaban J connectivity index is 1.69. The van der Waals surface area contributed by atoms with Crippen LogP contribution in [0.5, 0.6) is 0 Å². The van der Waals surface area contributed by atoms with Gasteiger partial charge in [-0.25, -0.2) is 4.39 Å². The third-order valence-electron chi connectivity index (χ3n) is 5.19. The van der Waals surface area contributed by atoms with Gasteiger partial charge in [-0.15, -0.1) is 0 Å². The maximum atomic E-state index is 13.9. The van der Waals surface area contributed by atoms with Crippen LogP contribution in [0.1, 0.15) is 44.6 Å². The van der Waals surface area contributed by atoms with Gasteiger partial charge in [0.05, 0.1) is 0 Å². The lowest BCUT2D eigenvalue weighted by atomic mass is 9.91. The van der Waals surface area contributed by atoms with Gasteiger partial charge < -0.3 is 5.32 Å². The highest BCUT2D eigenvalue weighted by molar-refractivity contribution is 5.18. The van der Waals surface area contributed by atoms with Crippen LogP contribution in [0.3, 0.4) is 0 Å². The number of likely N-dealkylation sites (tertiary alicyclic amines) is 1. The second-order valence-electron chi connectivity index (χ2n) is 6.65. The largest absolute Gasteiger partial charge is 0.312 e. The van der Waals surface area contributed by atoms with Crippen molar-refractivity contribution < 1.29 is 4.39 Å². The van der Waals surface area contributed by atoms with E-state index < -0.39 is 0 Å². The Morgan fingerprint density at radius 3 is 2.86 bits per heavy atom. The number of benzene rings is 1. The molecule has 1 aromatic rings. The molecule has 3 heteroatoms. The van der Waals surface area contributed by atoms with Crippen LogP contribution >= 0.6 is 0 Å². The van der Waals surface area contributed by atoms with Gasteiger partial charge in [-0.05, 0) is 63.7 Å². The van der Waals surface area contributed by atoms with Crippen LogP contribution in [0.4, 0.5) is 4.39 Å². The zero-order valence-corrected chi connectivity index (χ0v) is 13.0. The zero-order valence-electron chi connectivity index (χ0n) is 13.0. The molecule has 0 radical (unpaired) electrons. The number of nitrogens with one attached hydrogen (secondary N) is 1. The number of nitrogens with zero attached hydrogens (tertiary/aromatic N) is 1. The lowest BCUT2D eigenvalue weighted by molar-refractivity contribution is 0.0801. The average molecular weight is 290 g/mol. The Kier molecular flexibility index (Phi) is 4.91. The molecule has 1 N–H and O–H groups in total. The molecule has 0 spiro atoms. The molecule has 0 aromatic heterocycles. The lowest BCUT2D eigenvalue weighted by Crippen LogP contribution is -2.53. The van der Waals surface area contributed by atoms with Crippen LogP contribution in [0.2, 0.25) is 0 Å². The summed E-state index contributed by atoms with van der Waals surface area (Å²) in [5, 5.41) is 3.67. The van der Waals surface area contributed by atoms with Crippen molar-refractivity contribution in [3.8, 4) is 0 Å². The summed E-state index contributed by atoms with van der Waals surface area (Å²) >= 11 is 0. The van der Waals surface area contributed by atoms with Crippen LogP contribution in [-0.2, 0) is 6.42 Å².